The molecule has 0 aliphatic carbocycles. The summed E-state index contributed by atoms with van der Waals surface area (Å²) in [5, 5.41) is 3.14. The normalized spacial score (nSPS) is 23.5. The van der Waals surface area contributed by atoms with Crippen LogP contribution >= 0.6 is 0 Å². The molecule has 2 saturated heterocycles. The van der Waals surface area contributed by atoms with Gasteiger partial charge in [0.05, 0.1) is 6.04 Å². The number of fused-ring (bicyclic) bond motifs is 1. The van der Waals surface area contributed by atoms with E-state index in [1.807, 2.05) is 0 Å². The monoisotopic (exact) mass is 329 g/mol. The van der Waals surface area contributed by atoms with Gasteiger partial charge >= 0.3 is 0 Å². The van der Waals surface area contributed by atoms with E-state index in [0.29, 0.717) is 6.04 Å². The molecule has 0 unspecified atom stereocenters. The third-order valence-corrected chi connectivity index (χ3v) is 5.72. The highest BCUT2D eigenvalue weighted by molar-refractivity contribution is 5.81. The molecule has 3 rings (SSSR count). The first kappa shape index (κ1) is 17.4. The molecule has 1 N–H and O–H groups in total. The molecule has 0 radical (unpaired) electrons. The quantitative estimate of drug-likeness (QED) is 0.900. The number of nitrogens with one attached hydrogen (secondary N) is 1. The Labute approximate surface area is 146 Å². The van der Waals surface area contributed by atoms with Crippen LogP contribution in [0.25, 0.3) is 0 Å². The minimum atomic E-state index is -0.0255. The summed E-state index contributed by atoms with van der Waals surface area (Å²) in [5.41, 5.74) is 2.62. The molecule has 2 fully saturated rings. The zero-order valence-electron chi connectivity index (χ0n) is 15.1. The maximum atomic E-state index is 12.6. The lowest BCUT2D eigenvalue weighted by molar-refractivity contribution is -0.125. The Morgan fingerprint density at radius 2 is 2.04 bits per heavy atom. The molecule has 2 heterocycles. The lowest BCUT2D eigenvalue weighted by atomic mass is 10.1. The molecule has 2 atom stereocenters. The topological polar surface area (TPSA) is 35.6 Å². The van der Waals surface area contributed by atoms with Crippen molar-refractivity contribution in [2.75, 3.05) is 32.7 Å². The highest BCUT2D eigenvalue weighted by Gasteiger charge is 2.32. The second kappa shape index (κ2) is 8.13. The van der Waals surface area contributed by atoms with E-state index in [4.69, 9.17) is 0 Å². The number of benzene rings is 1. The summed E-state index contributed by atoms with van der Waals surface area (Å²) in [5.74, 6) is 0.176. The van der Waals surface area contributed by atoms with Crippen molar-refractivity contribution in [3.8, 4) is 0 Å². The van der Waals surface area contributed by atoms with Crippen molar-refractivity contribution in [3.63, 3.8) is 0 Å². The average molecular weight is 329 g/mol. The zero-order valence-corrected chi connectivity index (χ0v) is 15.1. The lowest BCUT2D eigenvalue weighted by Crippen LogP contribution is -2.48. The van der Waals surface area contributed by atoms with Gasteiger partial charge in [0.15, 0.2) is 0 Å². The Morgan fingerprint density at radius 1 is 1.25 bits per heavy atom. The van der Waals surface area contributed by atoms with E-state index in [1.54, 1.807) is 0 Å². The molecule has 4 heteroatoms. The van der Waals surface area contributed by atoms with Crippen LogP contribution in [-0.2, 0) is 11.2 Å². The van der Waals surface area contributed by atoms with Crippen LogP contribution < -0.4 is 5.32 Å². The molecule has 2 aliphatic rings. The number of rotatable bonds is 5. The van der Waals surface area contributed by atoms with Crippen LogP contribution in [0.3, 0.4) is 0 Å². The molecule has 0 saturated carbocycles. The van der Waals surface area contributed by atoms with Crippen LogP contribution in [0.1, 0.15) is 37.3 Å². The Hall–Kier alpha value is -1.39. The molecular weight excluding hydrogens is 298 g/mol. The van der Waals surface area contributed by atoms with Crippen molar-refractivity contribution < 1.29 is 4.79 Å². The molecule has 1 aromatic rings. The summed E-state index contributed by atoms with van der Waals surface area (Å²) < 4.78 is 0. The molecule has 24 heavy (non-hydrogen) atoms. The molecular formula is C20H31N3O. The SMILES string of the molecule is Cc1ccccc1CCNC(=O)[C@H](C)N1CCCN2CCC[C@@H]2C1. The van der Waals surface area contributed by atoms with Gasteiger partial charge in [-0.15, -0.1) is 0 Å². The maximum Gasteiger partial charge on any atom is 0.237 e. The Bertz CT molecular complexity index is 560. The van der Waals surface area contributed by atoms with Crippen molar-refractivity contribution in [3.05, 3.63) is 35.4 Å². The highest BCUT2D eigenvalue weighted by atomic mass is 16.2. The molecule has 2 aliphatic heterocycles. The number of nitrogens with zero attached hydrogens (tertiary/aromatic N) is 2. The lowest BCUT2D eigenvalue weighted by Gasteiger charge is -2.29. The fourth-order valence-electron chi connectivity index (χ4n) is 4.11. The fraction of sp³-hybridized carbons (Fsp3) is 0.650. The Morgan fingerprint density at radius 3 is 2.88 bits per heavy atom. The van der Waals surface area contributed by atoms with Gasteiger partial charge in [0.25, 0.3) is 0 Å². The predicted molar refractivity (Wildman–Crippen MR) is 98.1 cm³/mol. The second-order valence-electron chi connectivity index (χ2n) is 7.32. The van der Waals surface area contributed by atoms with Crippen molar-refractivity contribution in [1.82, 2.24) is 15.1 Å². The van der Waals surface area contributed by atoms with Gasteiger partial charge in [-0.3, -0.25) is 14.6 Å². The largest absolute Gasteiger partial charge is 0.354 e. The van der Waals surface area contributed by atoms with E-state index in [2.05, 4.69) is 53.2 Å². The average Bonchev–Trinajstić information content (AvgIpc) is 2.92. The first-order valence-corrected chi connectivity index (χ1v) is 9.45. The number of aryl methyl sites for hydroxylation is 1. The smallest absolute Gasteiger partial charge is 0.237 e. The molecule has 1 amide bonds. The van der Waals surface area contributed by atoms with Crippen LogP contribution in [0.2, 0.25) is 0 Å². The standard InChI is InChI=1S/C20H31N3O/c1-16-7-3-4-8-18(16)10-11-21-20(24)17(2)23-14-6-13-22-12-5-9-19(22)15-23/h3-4,7-8,17,19H,5-6,9-15H2,1-2H3,(H,21,24)/t17-,19+/m0/s1. The Balaban J connectivity index is 1.48. The summed E-state index contributed by atoms with van der Waals surface area (Å²) >= 11 is 0. The number of hydrogen-bond donors (Lipinski definition) is 1. The molecule has 0 aromatic heterocycles. The number of carbonyl (C=O) groups excluding carboxylic acids is 1. The van der Waals surface area contributed by atoms with E-state index in [9.17, 15) is 4.79 Å². The molecule has 132 valence electrons. The van der Waals surface area contributed by atoms with Crippen molar-refractivity contribution in [2.24, 2.45) is 0 Å². The van der Waals surface area contributed by atoms with Crippen molar-refractivity contribution in [1.29, 1.82) is 0 Å². The van der Waals surface area contributed by atoms with Crippen LogP contribution in [-0.4, -0.2) is 60.5 Å². The first-order valence-electron chi connectivity index (χ1n) is 9.45. The van der Waals surface area contributed by atoms with Gasteiger partial charge in [-0.25, -0.2) is 0 Å². The molecule has 0 bridgehead atoms. The first-order chi connectivity index (χ1) is 11.6. The summed E-state index contributed by atoms with van der Waals surface area (Å²) in [7, 11) is 0. The molecule has 0 spiro atoms. The van der Waals surface area contributed by atoms with Gasteiger partial charge in [0.2, 0.25) is 5.91 Å². The minimum absolute atomic E-state index is 0.0255. The van der Waals surface area contributed by atoms with Gasteiger partial charge in [0, 0.05) is 25.7 Å². The fourth-order valence-corrected chi connectivity index (χ4v) is 4.11. The van der Waals surface area contributed by atoms with Gasteiger partial charge in [-0.05, 0) is 63.7 Å². The summed E-state index contributed by atoms with van der Waals surface area (Å²) in [4.78, 5) is 17.6. The zero-order chi connectivity index (χ0) is 16.9. The predicted octanol–water partition coefficient (Wildman–Crippen LogP) is 2.21. The van der Waals surface area contributed by atoms with Crippen molar-refractivity contribution >= 4 is 5.91 Å². The number of carbonyl (C=O) groups is 1. The van der Waals surface area contributed by atoms with E-state index in [0.717, 1.165) is 26.1 Å². The van der Waals surface area contributed by atoms with Crippen LogP contribution in [0.15, 0.2) is 24.3 Å². The Kier molecular flexibility index (Phi) is 5.90. The van der Waals surface area contributed by atoms with Gasteiger partial charge in [-0.1, -0.05) is 24.3 Å². The third kappa shape index (κ3) is 4.17. The molecule has 4 nitrogen and oxygen atoms in total. The summed E-state index contributed by atoms with van der Waals surface area (Å²) in [6.07, 6.45) is 4.69. The van der Waals surface area contributed by atoms with Crippen LogP contribution in [0.5, 0.6) is 0 Å². The molecule has 1 aromatic carbocycles. The maximum absolute atomic E-state index is 12.6. The third-order valence-electron chi connectivity index (χ3n) is 5.72. The number of amides is 1. The second-order valence-corrected chi connectivity index (χ2v) is 7.32. The van der Waals surface area contributed by atoms with Crippen LogP contribution in [0, 0.1) is 6.92 Å². The van der Waals surface area contributed by atoms with Crippen molar-refractivity contribution in [2.45, 2.75) is 51.6 Å². The van der Waals surface area contributed by atoms with E-state index in [1.165, 1.54) is 43.5 Å². The van der Waals surface area contributed by atoms with E-state index in [-0.39, 0.29) is 11.9 Å². The van der Waals surface area contributed by atoms with Crippen LogP contribution in [0.4, 0.5) is 0 Å². The summed E-state index contributed by atoms with van der Waals surface area (Å²) in [6, 6.07) is 9.04. The number of hydrogen-bond acceptors (Lipinski definition) is 3. The van der Waals surface area contributed by atoms with E-state index < -0.39 is 0 Å². The van der Waals surface area contributed by atoms with Gasteiger partial charge < -0.3 is 5.32 Å². The minimum Gasteiger partial charge on any atom is -0.354 e. The van der Waals surface area contributed by atoms with Gasteiger partial charge in [-0.2, -0.15) is 0 Å². The van der Waals surface area contributed by atoms with E-state index >= 15 is 0 Å². The van der Waals surface area contributed by atoms with Gasteiger partial charge in [0.1, 0.15) is 0 Å². The highest BCUT2D eigenvalue weighted by Crippen LogP contribution is 2.22. The summed E-state index contributed by atoms with van der Waals surface area (Å²) in [6.45, 7) is 9.44.